The molecule has 1 aromatic heterocycles. The summed E-state index contributed by atoms with van der Waals surface area (Å²) in [6, 6.07) is 8.82. The van der Waals surface area contributed by atoms with Gasteiger partial charge in [-0.1, -0.05) is 29.8 Å². The Kier molecular flexibility index (Phi) is 3.54. The predicted molar refractivity (Wildman–Crippen MR) is 65.5 cm³/mol. The molecule has 0 saturated heterocycles. The van der Waals surface area contributed by atoms with Gasteiger partial charge in [-0.2, -0.15) is 4.39 Å². The van der Waals surface area contributed by atoms with Crippen molar-refractivity contribution in [2.24, 2.45) is 0 Å². The monoisotopic (exact) mass is 251 g/mol. The highest BCUT2D eigenvalue weighted by Crippen LogP contribution is 2.19. The zero-order valence-electron chi connectivity index (χ0n) is 9.27. The number of benzene rings is 1. The first-order chi connectivity index (χ1) is 8.16. The summed E-state index contributed by atoms with van der Waals surface area (Å²) in [6.07, 6.45) is 1.20. The first-order valence-corrected chi connectivity index (χ1v) is 5.46. The van der Waals surface area contributed by atoms with E-state index in [2.05, 4.69) is 9.97 Å². The van der Waals surface area contributed by atoms with E-state index in [1.165, 1.54) is 12.4 Å². The SMILES string of the molecule is CN(Cc1ccccc1Cl)c1cc(F)ncn1. The van der Waals surface area contributed by atoms with Crippen LogP contribution in [0.15, 0.2) is 36.7 Å². The van der Waals surface area contributed by atoms with Crippen molar-refractivity contribution in [2.45, 2.75) is 6.54 Å². The van der Waals surface area contributed by atoms with Crippen LogP contribution in [0.5, 0.6) is 0 Å². The summed E-state index contributed by atoms with van der Waals surface area (Å²) in [4.78, 5) is 9.22. The lowest BCUT2D eigenvalue weighted by atomic mass is 10.2. The average molecular weight is 252 g/mol. The molecule has 2 rings (SSSR count). The molecule has 0 amide bonds. The summed E-state index contributed by atoms with van der Waals surface area (Å²) in [7, 11) is 1.82. The third-order valence-electron chi connectivity index (χ3n) is 2.38. The van der Waals surface area contributed by atoms with Gasteiger partial charge < -0.3 is 4.90 Å². The molecule has 0 aliphatic heterocycles. The third kappa shape index (κ3) is 2.91. The number of rotatable bonds is 3. The molecule has 0 saturated carbocycles. The van der Waals surface area contributed by atoms with Crippen molar-refractivity contribution in [3.8, 4) is 0 Å². The second-order valence-electron chi connectivity index (χ2n) is 3.65. The Labute approximate surface area is 104 Å². The summed E-state index contributed by atoms with van der Waals surface area (Å²) >= 11 is 6.05. The summed E-state index contributed by atoms with van der Waals surface area (Å²) in [5.41, 5.74) is 0.968. The Hall–Kier alpha value is -1.68. The van der Waals surface area contributed by atoms with Gasteiger partial charge in [-0.3, -0.25) is 0 Å². The van der Waals surface area contributed by atoms with Crippen LogP contribution in [-0.4, -0.2) is 17.0 Å². The van der Waals surface area contributed by atoms with E-state index >= 15 is 0 Å². The maximum Gasteiger partial charge on any atom is 0.218 e. The van der Waals surface area contributed by atoms with E-state index < -0.39 is 5.95 Å². The zero-order chi connectivity index (χ0) is 12.3. The van der Waals surface area contributed by atoms with Gasteiger partial charge in [-0.25, -0.2) is 9.97 Å². The highest BCUT2D eigenvalue weighted by molar-refractivity contribution is 6.31. The minimum Gasteiger partial charge on any atom is -0.355 e. The molecule has 0 aliphatic rings. The van der Waals surface area contributed by atoms with Crippen LogP contribution >= 0.6 is 11.6 Å². The van der Waals surface area contributed by atoms with Gasteiger partial charge in [-0.15, -0.1) is 0 Å². The molecule has 0 aliphatic carbocycles. The van der Waals surface area contributed by atoms with Crippen LogP contribution < -0.4 is 4.90 Å². The maximum atomic E-state index is 12.9. The van der Waals surface area contributed by atoms with E-state index in [0.717, 1.165) is 5.56 Å². The molecule has 0 fully saturated rings. The number of hydrogen-bond donors (Lipinski definition) is 0. The van der Waals surface area contributed by atoms with Gasteiger partial charge >= 0.3 is 0 Å². The maximum absolute atomic E-state index is 12.9. The van der Waals surface area contributed by atoms with Crippen LogP contribution in [0.2, 0.25) is 5.02 Å². The second-order valence-corrected chi connectivity index (χ2v) is 4.05. The molecule has 5 heteroatoms. The zero-order valence-corrected chi connectivity index (χ0v) is 10.0. The van der Waals surface area contributed by atoms with E-state index in [9.17, 15) is 4.39 Å². The molecule has 2 aromatic rings. The molecule has 17 heavy (non-hydrogen) atoms. The summed E-state index contributed by atoms with van der Waals surface area (Å²) < 4.78 is 12.9. The van der Waals surface area contributed by atoms with Crippen LogP contribution in [0.4, 0.5) is 10.2 Å². The Balaban J connectivity index is 2.17. The fourth-order valence-corrected chi connectivity index (χ4v) is 1.69. The van der Waals surface area contributed by atoms with Gasteiger partial charge in [0, 0.05) is 24.7 Å². The minimum atomic E-state index is -0.541. The molecule has 0 atom stereocenters. The van der Waals surface area contributed by atoms with E-state index in [1.807, 2.05) is 36.2 Å². The lowest BCUT2D eigenvalue weighted by Gasteiger charge is -2.18. The molecule has 1 aromatic carbocycles. The number of hydrogen-bond acceptors (Lipinski definition) is 3. The van der Waals surface area contributed by atoms with Crippen molar-refractivity contribution in [3.05, 3.63) is 53.2 Å². The summed E-state index contributed by atoms with van der Waals surface area (Å²) in [5.74, 6) is -0.0153. The van der Waals surface area contributed by atoms with Crippen molar-refractivity contribution >= 4 is 17.4 Å². The third-order valence-corrected chi connectivity index (χ3v) is 2.74. The topological polar surface area (TPSA) is 29.0 Å². The first-order valence-electron chi connectivity index (χ1n) is 5.09. The van der Waals surface area contributed by atoms with Gasteiger partial charge in [-0.05, 0) is 11.6 Å². The quantitative estimate of drug-likeness (QED) is 0.786. The number of anilines is 1. The molecule has 1 heterocycles. The average Bonchev–Trinajstić information content (AvgIpc) is 2.32. The predicted octanol–water partition coefficient (Wildman–Crippen LogP) is 2.91. The lowest BCUT2D eigenvalue weighted by molar-refractivity contribution is 0.578. The lowest BCUT2D eigenvalue weighted by Crippen LogP contribution is -2.18. The van der Waals surface area contributed by atoms with Gasteiger partial charge in [0.2, 0.25) is 5.95 Å². The summed E-state index contributed by atoms with van der Waals surface area (Å²) in [6.45, 7) is 0.566. The molecule has 3 nitrogen and oxygen atoms in total. The largest absolute Gasteiger partial charge is 0.355 e. The Morgan fingerprint density at radius 3 is 2.76 bits per heavy atom. The molecule has 0 unspecified atom stereocenters. The number of halogens is 2. The van der Waals surface area contributed by atoms with Crippen LogP contribution in [0.25, 0.3) is 0 Å². The van der Waals surface area contributed by atoms with Crippen molar-refractivity contribution < 1.29 is 4.39 Å². The molecule has 0 radical (unpaired) electrons. The van der Waals surface area contributed by atoms with E-state index in [4.69, 9.17) is 11.6 Å². The van der Waals surface area contributed by atoms with Crippen molar-refractivity contribution in [2.75, 3.05) is 11.9 Å². The van der Waals surface area contributed by atoms with Crippen LogP contribution in [0.3, 0.4) is 0 Å². The number of aromatic nitrogens is 2. The van der Waals surface area contributed by atoms with E-state index in [-0.39, 0.29) is 0 Å². The van der Waals surface area contributed by atoms with Crippen molar-refractivity contribution in [1.29, 1.82) is 0 Å². The normalized spacial score (nSPS) is 10.3. The Morgan fingerprint density at radius 2 is 2.06 bits per heavy atom. The van der Waals surface area contributed by atoms with E-state index in [0.29, 0.717) is 17.4 Å². The fourth-order valence-electron chi connectivity index (χ4n) is 1.50. The van der Waals surface area contributed by atoms with Gasteiger partial charge in [0.15, 0.2) is 0 Å². The van der Waals surface area contributed by atoms with Crippen molar-refractivity contribution in [3.63, 3.8) is 0 Å². The molecule has 0 bridgehead atoms. The standard InChI is InChI=1S/C12H11ClFN3/c1-17(12-6-11(14)15-8-16-12)7-9-4-2-3-5-10(9)13/h2-6,8H,7H2,1H3. The number of nitrogens with zero attached hydrogens (tertiary/aromatic N) is 3. The van der Waals surface area contributed by atoms with Gasteiger partial charge in [0.05, 0.1) is 0 Å². The van der Waals surface area contributed by atoms with E-state index in [1.54, 1.807) is 0 Å². The van der Waals surface area contributed by atoms with Crippen LogP contribution in [-0.2, 0) is 6.54 Å². The molecule has 0 N–H and O–H groups in total. The Bertz CT molecular complexity index is 519. The molecule has 88 valence electrons. The second kappa shape index (κ2) is 5.10. The highest BCUT2D eigenvalue weighted by Gasteiger charge is 2.07. The van der Waals surface area contributed by atoms with Gasteiger partial charge in [0.1, 0.15) is 12.1 Å². The minimum absolute atomic E-state index is 0.525. The smallest absolute Gasteiger partial charge is 0.218 e. The summed E-state index contributed by atoms with van der Waals surface area (Å²) in [5, 5.41) is 0.689. The molecular formula is C12H11ClFN3. The van der Waals surface area contributed by atoms with Gasteiger partial charge in [0.25, 0.3) is 0 Å². The highest BCUT2D eigenvalue weighted by atomic mass is 35.5. The van der Waals surface area contributed by atoms with Crippen LogP contribution in [0.1, 0.15) is 5.56 Å². The first kappa shape index (κ1) is 11.8. The fraction of sp³-hybridized carbons (Fsp3) is 0.167. The Morgan fingerprint density at radius 1 is 1.29 bits per heavy atom. The molecule has 0 spiro atoms. The molecular weight excluding hydrogens is 241 g/mol. The van der Waals surface area contributed by atoms with Crippen LogP contribution in [0, 0.1) is 5.95 Å². The van der Waals surface area contributed by atoms with Crippen molar-refractivity contribution in [1.82, 2.24) is 9.97 Å².